The molecule has 0 atom stereocenters. The fourth-order valence-electron chi connectivity index (χ4n) is 2.39. The lowest BCUT2D eigenvalue weighted by molar-refractivity contribution is -0.386. The standard InChI is InChI=1S/C18H20N2O8S/c1-3-5-6-28-15(21)10-19-17(23)14(29-18(19)24)9-11-7-12(20(25)26)16(22)13(8-11)27-4-2/h7-9,22H,3-6,10H2,1-2H3/b14-9-. The van der Waals surface area contributed by atoms with Crippen molar-refractivity contribution in [1.82, 2.24) is 4.90 Å². The number of imide groups is 1. The number of hydrogen-bond donors (Lipinski definition) is 1. The first-order valence-corrected chi connectivity index (χ1v) is 9.65. The number of carbonyl (C=O) groups excluding carboxylic acids is 3. The van der Waals surface area contributed by atoms with Crippen molar-refractivity contribution in [2.75, 3.05) is 19.8 Å². The largest absolute Gasteiger partial charge is 0.500 e. The van der Waals surface area contributed by atoms with E-state index in [0.717, 1.165) is 17.4 Å². The van der Waals surface area contributed by atoms with Crippen molar-refractivity contribution in [3.05, 3.63) is 32.7 Å². The molecular weight excluding hydrogens is 404 g/mol. The number of nitro benzene ring substituents is 1. The Balaban J connectivity index is 2.24. The van der Waals surface area contributed by atoms with Gasteiger partial charge in [-0.15, -0.1) is 0 Å². The lowest BCUT2D eigenvalue weighted by Gasteiger charge is -2.11. The van der Waals surface area contributed by atoms with Gasteiger partial charge in [-0.1, -0.05) is 13.3 Å². The number of nitrogens with zero attached hydrogens (tertiary/aromatic N) is 2. The van der Waals surface area contributed by atoms with Crippen LogP contribution in [0.2, 0.25) is 0 Å². The Morgan fingerprint density at radius 3 is 2.69 bits per heavy atom. The highest BCUT2D eigenvalue weighted by Crippen LogP contribution is 2.39. The number of phenolic OH excluding ortho intramolecular Hbond substituents is 1. The van der Waals surface area contributed by atoms with E-state index in [1.807, 2.05) is 6.92 Å². The molecule has 0 unspecified atom stereocenters. The van der Waals surface area contributed by atoms with E-state index in [2.05, 4.69) is 0 Å². The molecule has 11 heteroatoms. The van der Waals surface area contributed by atoms with E-state index in [4.69, 9.17) is 9.47 Å². The number of carbonyl (C=O) groups is 3. The van der Waals surface area contributed by atoms with Crippen LogP contribution in [0.15, 0.2) is 17.0 Å². The average molecular weight is 424 g/mol. The van der Waals surface area contributed by atoms with E-state index in [-0.39, 0.29) is 29.4 Å². The monoisotopic (exact) mass is 424 g/mol. The second-order valence-electron chi connectivity index (χ2n) is 5.92. The summed E-state index contributed by atoms with van der Waals surface area (Å²) >= 11 is 0.602. The van der Waals surface area contributed by atoms with Crippen LogP contribution in [0.4, 0.5) is 10.5 Å². The van der Waals surface area contributed by atoms with Crippen LogP contribution in [0.3, 0.4) is 0 Å². The van der Waals surface area contributed by atoms with Gasteiger partial charge in [-0.25, -0.2) is 0 Å². The minimum Gasteiger partial charge on any atom is -0.500 e. The molecule has 1 aliphatic heterocycles. The van der Waals surface area contributed by atoms with Crippen LogP contribution in [-0.2, 0) is 14.3 Å². The average Bonchev–Trinajstić information content (AvgIpc) is 2.91. The Hall–Kier alpha value is -3.08. The number of ether oxygens (including phenoxy) is 2. The van der Waals surface area contributed by atoms with Gasteiger partial charge < -0.3 is 14.6 Å². The number of phenols is 1. The van der Waals surface area contributed by atoms with Crippen LogP contribution >= 0.6 is 11.8 Å². The Morgan fingerprint density at radius 1 is 1.34 bits per heavy atom. The molecule has 1 N–H and O–H groups in total. The molecule has 0 radical (unpaired) electrons. The number of unbranched alkanes of at least 4 members (excludes halogenated alkanes) is 1. The van der Waals surface area contributed by atoms with Crippen molar-refractivity contribution in [3.8, 4) is 11.5 Å². The molecule has 156 valence electrons. The highest BCUT2D eigenvalue weighted by atomic mass is 32.2. The Kier molecular flexibility index (Phi) is 7.59. The minimum atomic E-state index is -0.784. The highest BCUT2D eigenvalue weighted by molar-refractivity contribution is 8.18. The maximum absolute atomic E-state index is 12.5. The van der Waals surface area contributed by atoms with Crippen molar-refractivity contribution in [3.63, 3.8) is 0 Å². The molecule has 1 saturated heterocycles. The Bertz CT molecular complexity index is 868. The summed E-state index contributed by atoms with van der Waals surface area (Å²) in [5, 5.41) is 20.4. The summed E-state index contributed by atoms with van der Waals surface area (Å²) in [6.45, 7) is 3.43. The number of benzene rings is 1. The summed E-state index contributed by atoms with van der Waals surface area (Å²) in [7, 11) is 0. The number of thioether (sulfide) groups is 1. The summed E-state index contributed by atoms with van der Waals surface area (Å²) in [5.74, 6) is -2.15. The molecule has 1 aromatic carbocycles. The van der Waals surface area contributed by atoms with E-state index < -0.39 is 40.0 Å². The second kappa shape index (κ2) is 9.92. The van der Waals surface area contributed by atoms with E-state index in [1.54, 1.807) is 6.92 Å². The van der Waals surface area contributed by atoms with Crippen LogP contribution in [0.5, 0.6) is 11.5 Å². The maximum Gasteiger partial charge on any atom is 0.326 e. The summed E-state index contributed by atoms with van der Waals surface area (Å²) < 4.78 is 10.1. The van der Waals surface area contributed by atoms with Crippen molar-refractivity contribution < 1.29 is 33.9 Å². The normalized spacial score (nSPS) is 15.1. The van der Waals surface area contributed by atoms with Gasteiger partial charge in [-0.2, -0.15) is 0 Å². The Labute approximate surface area is 170 Å². The maximum atomic E-state index is 12.5. The van der Waals surface area contributed by atoms with Gasteiger partial charge in [0.25, 0.3) is 11.1 Å². The SMILES string of the molecule is CCCCOC(=O)CN1C(=O)S/C(=C\c2cc(OCC)c(O)c([N+](=O)[O-])c2)C1=O. The van der Waals surface area contributed by atoms with Gasteiger partial charge in [0, 0.05) is 6.07 Å². The van der Waals surface area contributed by atoms with Gasteiger partial charge in [-0.05, 0) is 42.8 Å². The third kappa shape index (κ3) is 5.47. The van der Waals surface area contributed by atoms with Crippen molar-refractivity contribution in [2.45, 2.75) is 26.7 Å². The van der Waals surface area contributed by atoms with Gasteiger partial charge in [0.05, 0.1) is 23.0 Å². The second-order valence-corrected chi connectivity index (χ2v) is 6.91. The third-order valence-electron chi connectivity index (χ3n) is 3.79. The number of hydrogen-bond acceptors (Lipinski definition) is 9. The summed E-state index contributed by atoms with van der Waals surface area (Å²) in [5.41, 5.74) is -0.407. The molecule has 0 spiro atoms. The third-order valence-corrected chi connectivity index (χ3v) is 4.70. The first-order valence-electron chi connectivity index (χ1n) is 8.83. The zero-order valence-corrected chi connectivity index (χ0v) is 16.7. The molecule has 29 heavy (non-hydrogen) atoms. The fraction of sp³-hybridized carbons (Fsp3) is 0.389. The number of amides is 2. The molecule has 0 aromatic heterocycles. The molecule has 1 aliphatic rings. The minimum absolute atomic E-state index is 0.0150. The molecule has 1 aromatic rings. The molecule has 10 nitrogen and oxygen atoms in total. The molecule has 2 amide bonds. The molecule has 2 rings (SSSR count). The van der Waals surface area contributed by atoms with E-state index in [0.29, 0.717) is 18.2 Å². The quantitative estimate of drug-likeness (QED) is 0.208. The lowest BCUT2D eigenvalue weighted by atomic mass is 10.1. The smallest absolute Gasteiger partial charge is 0.326 e. The van der Waals surface area contributed by atoms with Gasteiger partial charge in [-0.3, -0.25) is 29.4 Å². The number of esters is 1. The van der Waals surface area contributed by atoms with E-state index in [9.17, 15) is 29.6 Å². The molecule has 1 heterocycles. The molecule has 1 fully saturated rings. The van der Waals surface area contributed by atoms with Crippen LogP contribution in [-0.4, -0.2) is 51.8 Å². The number of nitro groups is 1. The summed E-state index contributed by atoms with van der Waals surface area (Å²) in [4.78, 5) is 47.5. The van der Waals surface area contributed by atoms with Crippen molar-refractivity contribution in [1.29, 1.82) is 0 Å². The predicted octanol–water partition coefficient (Wildman–Crippen LogP) is 3.08. The van der Waals surface area contributed by atoms with E-state index in [1.165, 1.54) is 12.1 Å². The first kappa shape index (κ1) is 22.2. The zero-order chi connectivity index (χ0) is 21.6. The molecule has 0 saturated carbocycles. The summed E-state index contributed by atoms with van der Waals surface area (Å²) in [6, 6.07) is 2.38. The highest BCUT2D eigenvalue weighted by Gasteiger charge is 2.37. The molecular formula is C18H20N2O8S. The van der Waals surface area contributed by atoms with Crippen LogP contribution in [0, 0.1) is 10.1 Å². The number of aromatic hydroxyl groups is 1. The fourth-order valence-corrected chi connectivity index (χ4v) is 3.23. The summed E-state index contributed by atoms with van der Waals surface area (Å²) in [6.07, 6.45) is 2.78. The van der Waals surface area contributed by atoms with Gasteiger partial charge in [0.2, 0.25) is 5.75 Å². The topological polar surface area (TPSA) is 136 Å². The van der Waals surface area contributed by atoms with Crippen LogP contribution in [0.25, 0.3) is 6.08 Å². The van der Waals surface area contributed by atoms with Gasteiger partial charge in [0.1, 0.15) is 6.54 Å². The lowest BCUT2D eigenvalue weighted by Crippen LogP contribution is -2.34. The molecule has 0 bridgehead atoms. The Morgan fingerprint density at radius 2 is 2.07 bits per heavy atom. The van der Waals surface area contributed by atoms with Gasteiger partial charge >= 0.3 is 11.7 Å². The van der Waals surface area contributed by atoms with Crippen LogP contribution in [0.1, 0.15) is 32.3 Å². The number of rotatable bonds is 9. The van der Waals surface area contributed by atoms with Crippen LogP contribution < -0.4 is 4.74 Å². The molecule has 0 aliphatic carbocycles. The van der Waals surface area contributed by atoms with Crippen molar-refractivity contribution >= 4 is 40.6 Å². The van der Waals surface area contributed by atoms with E-state index >= 15 is 0 Å². The van der Waals surface area contributed by atoms with Gasteiger partial charge in [0.15, 0.2) is 5.75 Å². The first-order chi connectivity index (χ1) is 13.8. The zero-order valence-electron chi connectivity index (χ0n) is 15.9. The predicted molar refractivity (Wildman–Crippen MR) is 104 cm³/mol. The van der Waals surface area contributed by atoms with Crippen molar-refractivity contribution in [2.24, 2.45) is 0 Å².